The predicted octanol–water partition coefficient (Wildman–Crippen LogP) is 4.17. The summed E-state index contributed by atoms with van der Waals surface area (Å²) in [6.07, 6.45) is 0.667. The largest absolute Gasteiger partial charge is 0.487 e. The minimum absolute atomic E-state index is 0.0245. The van der Waals surface area contributed by atoms with Crippen LogP contribution in [0.4, 0.5) is 0 Å². The molecule has 0 aliphatic carbocycles. The van der Waals surface area contributed by atoms with Gasteiger partial charge in [0.15, 0.2) is 0 Å². The third-order valence-electron chi connectivity index (χ3n) is 3.00. The molecule has 2 aromatic rings. The Morgan fingerprint density at radius 2 is 2.00 bits per heavy atom. The van der Waals surface area contributed by atoms with Crippen LogP contribution in [0, 0.1) is 6.92 Å². The second-order valence-corrected chi connectivity index (χ2v) is 5.87. The molecule has 112 valence electrons. The van der Waals surface area contributed by atoms with E-state index >= 15 is 0 Å². The molecule has 1 atom stereocenters. The molecule has 1 aromatic carbocycles. The molecule has 3 nitrogen and oxygen atoms in total. The summed E-state index contributed by atoms with van der Waals surface area (Å²) in [5, 5.41) is 1.04. The summed E-state index contributed by atoms with van der Waals surface area (Å²) in [7, 11) is 0. The zero-order valence-electron chi connectivity index (χ0n) is 12.1. The molecule has 0 fully saturated rings. The first-order valence-electron chi connectivity index (χ1n) is 6.75. The van der Waals surface area contributed by atoms with Crippen LogP contribution in [-0.4, -0.2) is 11.0 Å². The number of pyridine rings is 1. The Morgan fingerprint density at radius 3 is 2.71 bits per heavy atom. The summed E-state index contributed by atoms with van der Waals surface area (Å²) >= 11 is 12.2. The third-order valence-corrected chi connectivity index (χ3v) is 3.86. The van der Waals surface area contributed by atoms with E-state index < -0.39 is 0 Å². The maximum Gasteiger partial charge on any atom is 0.141 e. The molecule has 0 spiro atoms. The van der Waals surface area contributed by atoms with Crippen molar-refractivity contribution < 1.29 is 4.74 Å². The van der Waals surface area contributed by atoms with Crippen LogP contribution in [0.1, 0.15) is 23.9 Å². The second kappa shape index (κ2) is 7.12. The first-order valence-corrected chi connectivity index (χ1v) is 7.50. The van der Waals surface area contributed by atoms with E-state index in [4.69, 9.17) is 33.7 Å². The van der Waals surface area contributed by atoms with Crippen LogP contribution in [-0.2, 0) is 13.0 Å². The molecule has 2 N–H and O–H groups in total. The van der Waals surface area contributed by atoms with E-state index in [2.05, 4.69) is 4.98 Å². The quantitative estimate of drug-likeness (QED) is 0.898. The molecule has 1 aromatic heterocycles. The van der Waals surface area contributed by atoms with Gasteiger partial charge in [-0.2, -0.15) is 0 Å². The molecule has 0 radical (unpaired) electrons. The van der Waals surface area contributed by atoms with Crippen LogP contribution >= 0.6 is 23.2 Å². The highest BCUT2D eigenvalue weighted by Crippen LogP contribution is 2.27. The molecule has 0 aliphatic rings. The minimum Gasteiger partial charge on any atom is -0.487 e. The lowest BCUT2D eigenvalue weighted by atomic mass is 10.1. The number of nitrogens with zero attached hydrogens (tertiary/aromatic N) is 1. The van der Waals surface area contributed by atoms with Gasteiger partial charge in [-0.25, -0.2) is 0 Å². The Morgan fingerprint density at radius 1 is 1.24 bits per heavy atom. The standard InChI is InChI=1S/C16H18Cl2N2O/c1-10(19)8-14-15(7-6-11(2)20-14)21-9-12-4-3-5-13(17)16(12)18/h3-7,10H,8-9,19H2,1-2H3. The van der Waals surface area contributed by atoms with Gasteiger partial charge in [0.1, 0.15) is 12.4 Å². The maximum absolute atomic E-state index is 6.16. The van der Waals surface area contributed by atoms with Crippen LogP contribution in [0.15, 0.2) is 30.3 Å². The van der Waals surface area contributed by atoms with Crippen molar-refractivity contribution in [2.24, 2.45) is 5.73 Å². The highest BCUT2D eigenvalue weighted by Gasteiger charge is 2.10. The van der Waals surface area contributed by atoms with Crippen molar-refractivity contribution >= 4 is 23.2 Å². The number of halogens is 2. The second-order valence-electron chi connectivity index (χ2n) is 5.08. The number of benzene rings is 1. The molecule has 21 heavy (non-hydrogen) atoms. The van der Waals surface area contributed by atoms with Gasteiger partial charge in [0.05, 0.1) is 15.7 Å². The molecule has 1 unspecified atom stereocenters. The van der Waals surface area contributed by atoms with Gasteiger partial charge in [-0.05, 0) is 32.0 Å². The molecule has 0 amide bonds. The summed E-state index contributed by atoms with van der Waals surface area (Å²) in [5.74, 6) is 0.731. The highest BCUT2D eigenvalue weighted by atomic mass is 35.5. The fourth-order valence-corrected chi connectivity index (χ4v) is 2.37. The van der Waals surface area contributed by atoms with E-state index in [1.807, 2.05) is 38.1 Å². The number of nitrogens with two attached hydrogens (primary N) is 1. The number of hydrogen-bond donors (Lipinski definition) is 1. The average Bonchev–Trinajstić information content (AvgIpc) is 2.41. The number of rotatable bonds is 5. The van der Waals surface area contributed by atoms with Crippen molar-refractivity contribution in [3.8, 4) is 5.75 Å². The Kier molecular flexibility index (Phi) is 5.45. The zero-order valence-corrected chi connectivity index (χ0v) is 13.6. The van der Waals surface area contributed by atoms with Crippen LogP contribution in [0.3, 0.4) is 0 Å². The number of aromatic nitrogens is 1. The normalized spacial score (nSPS) is 12.2. The molecule has 0 saturated heterocycles. The van der Waals surface area contributed by atoms with Gasteiger partial charge in [0, 0.05) is 23.7 Å². The Hall–Kier alpha value is -1.29. The molecule has 0 saturated carbocycles. The predicted molar refractivity (Wildman–Crippen MR) is 87.1 cm³/mol. The Bertz CT molecular complexity index is 630. The maximum atomic E-state index is 6.16. The van der Waals surface area contributed by atoms with Crippen molar-refractivity contribution in [3.05, 3.63) is 57.3 Å². The van der Waals surface area contributed by atoms with Crippen molar-refractivity contribution in [2.45, 2.75) is 32.9 Å². The van der Waals surface area contributed by atoms with Crippen molar-refractivity contribution in [1.82, 2.24) is 4.98 Å². The summed E-state index contributed by atoms with van der Waals surface area (Å²) in [6, 6.07) is 9.35. The van der Waals surface area contributed by atoms with Crippen molar-refractivity contribution in [3.63, 3.8) is 0 Å². The molecule has 0 bridgehead atoms. The van der Waals surface area contributed by atoms with Gasteiger partial charge in [-0.3, -0.25) is 4.98 Å². The van der Waals surface area contributed by atoms with Gasteiger partial charge in [0.25, 0.3) is 0 Å². The van der Waals surface area contributed by atoms with E-state index in [0.29, 0.717) is 23.1 Å². The molecular weight excluding hydrogens is 307 g/mol. The first kappa shape index (κ1) is 16.1. The van der Waals surface area contributed by atoms with Crippen LogP contribution < -0.4 is 10.5 Å². The van der Waals surface area contributed by atoms with Gasteiger partial charge < -0.3 is 10.5 Å². The minimum atomic E-state index is 0.0245. The molecule has 5 heteroatoms. The van der Waals surface area contributed by atoms with Gasteiger partial charge >= 0.3 is 0 Å². The topological polar surface area (TPSA) is 48.1 Å². The SMILES string of the molecule is Cc1ccc(OCc2cccc(Cl)c2Cl)c(CC(C)N)n1. The number of hydrogen-bond acceptors (Lipinski definition) is 3. The Balaban J connectivity index is 2.18. The lowest BCUT2D eigenvalue weighted by Crippen LogP contribution is -2.19. The third kappa shape index (κ3) is 4.34. The molecular formula is C16H18Cl2N2O. The lowest BCUT2D eigenvalue weighted by Gasteiger charge is -2.14. The molecule has 1 heterocycles. The zero-order chi connectivity index (χ0) is 15.4. The number of aryl methyl sites for hydroxylation is 1. The van der Waals surface area contributed by atoms with Crippen LogP contribution in [0.5, 0.6) is 5.75 Å². The van der Waals surface area contributed by atoms with E-state index in [0.717, 1.165) is 22.7 Å². The smallest absolute Gasteiger partial charge is 0.141 e. The summed E-state index contributed by atoms with van der Waals surface area (Å²) < 4.78 is 5.85. The van der Waals surface area contributed by atoms with Crippen LogP contribution in [0.2, 0.25) is 10.0 Å². The fourth-order valence-electron chi connectivity index (χ4n) is 2.00. The van der Waals surface area contributed by atoms with Gasteiger partial charge in [-0.1, -0.05) is 35.3 Å². The van der Waals surface area contributed by atoms with Gasteiger partial charge in [-0.15, -0.1) is 0 Å². The van der Waals surface area contributed by atoms with E-state index in [1.54, 1.807) is 6.07 Å². The average molecular weight is 325 g/mol. The Labute approximate surface area is 135 Å². The van der Waals surface area contributed by atoms with Crippen LogP contribution in [0.25, 0.3) is 0 Å². The number of ether oxygens (including phenoxy) is 1. The highest BCUT2D eigenvalue weighted by molar-refractivity contribution is 6.42. The molecule has 2 rings (SSSR count). The van der Waals surface area contributed by atoms with E-state index in [9.17, 15) is 0 Å². The first-order chi connectivity index (χ1) is 9.97. The fraction of sp³-hybridized carbons (Fsp3) is 0.312. The van der Waals surface area contributed by atoms with E-state index in [1.165, 1.54) is 0 Å². The summed E-state index contributed by atoms with van der Waals surface area (Å²) in [6.45, 7) is 4.24. The summed E-state index contributed by atoms with van der Waals surface area (Å²) in [4.78, 5) is 4.50. The van der Waals surface area contributed by atoms with Crippen molar-refractivity contribution in [1.29, 1.82) is 0 Å². The monoisotopic (exact) mass is 324 g/mol. The van der Waals surface area contributed by atoms with Gasteiger partial charge in [0.2, 0.25) is 0 Å². The van der Waals surface area contributed by atoms with Crippen molar-refractivity contribution in [2.75, 3.05) is 0 Å². The summed E-state index contributed by atoms with van der Waals surface area (Å²) in [5.41, 5.74) is 8.51. The molecule has 0 aliphatic heterocycles. The lowest BCUT2D eigenvalue weighted by molar-refractivity contribution is 0.300. The van der Waals surface area contributed by atoms with E-state index in [-0.39, 0.29) is 6.04 Å².